The maximum atomic E-state index is 13.5. The predicted molar refractivity (Wildman–Crippen MR) is 151 cm³/mol. The molecule has 0 atom stereocenters. The molecule has 0 aliphatic rings. The molecule has 220 valence electrons. The van der Waals surface area contributed by atoms with Crippen LogP contribution in [0.15, 0.2) is 81.7 Å². The fourth-order valence-corrected chi connectivity index (χ4v) is 6.42. The van der Waals surface area contributed by atoms with Gasteiger partial charge >= 0.3 is 16.1 Å². The number of rotatable bonds is 13. The predicted octanol–water partition coefficient (Wildman–Crippen LogP) is 2.35. The third-order valence-corrected chi connectivity index (χ3v) is 8.74. The van der Waals surface area contributed by atoms with Gasteiger partial charge in [0.05, 0.1) is 25.0 Å². The first-order valence-corrected chi connectivity index (χ1v) is 14.9. The minimum Gasteiger partial charge on any atom is -0.493 e. The summed E-state index contributed by atoms with van der Waals surface area (Å²) < 4.78 is 70.3. The highest BCUT2D eigenvalue weighted by molar-refractivity contribution is 7.94. The van der Waals surface area contributed by atoms with E-state index in [1.807, 2.05) is 0 Å². The molecule has 0 fully saturated rings. The van der Waals surface area contributed by atoms with E-state index in [1.54, 1.807) is 13.0 Å². The van der Waals surface area contributed by atoms with Gasteiger partial charge in [-0.2, -0.15) is 8.42 Å². The van der Waals surface area contributed by atoms with Crippen molar-refractivity contribution in [3.05, 3.63) is 77.9 Å². The molecule has 0 aromatic heterocycles. The molecule has 4 N–H and O–H groups in total. The van der Waals surface area contributed by atoms with Crippen molar-refractivity contribution in [2.75, 3.05) is 31.7 Å². The molecule has 15 heteroatoms. The van der Waals surface area contributed by atoms with Gasteiger partial charge in [-0.1, -0.05) is 12.1 Å². The monoisotopic (exact) mass is 606 g/mol. The summed E-state index contributed by atoms with van der Waals surface area (Å²) in [4.78, 5) is 15.5. The van der Waals surface area contributed by atoms with E-state index in [9.17, 15) is 21.6 Å². The lowest BCUT2D eigenvalue weighted by atomic mass is 10.2. The Kier molecular flexibility index (Phi) is 10.0. The number of ether oxygens (including phenoxy) is 2. The Labute approximate surface area is 238 Å². The third-order valence-electron chi connectivity index (χ3n) is 5.46. The van der Waals surface area contributed by atoms with Crippen LogP contribution in [0.1, 0.15) is 22.3 Å². The van der Waals surface area contributed by atoms with Gasteiger partial charge in [0.25, 0.3) is 10.0 Å². The third kappa shape index (κ3) is 8.02. The number of hydrogen-bond donors (Lipinski definition) is 2. The number of carbonyl (C=O) groups excluding carboxylic acids is 1. The highest BCUT2D eigenvalue weighted by atomic mass is 32.2. The molecule has 0 saturated carbocycles. The van der Waals surface area contributed by atoms with Crippen molar-refractivity contribution in [3.63, 3.8) is 0 Å². The van der Waals surface area contributed by atoms with Crippen molar-refractivity contribution in [1.82, 2.24) is 0 Å². The molecule has 0 heterocycles. The van der Waals surface area contributed by atoms with Crippen LogP contribution in [0.3, 0.4) is 0 Å². The topological polar surface area (TPSA) is 190 Å². The largest absolute Gasteiger partial charge is 0.493 e. The van der Waals surface area contributed by atoms with E-state index in [0.717, 1.165) is 10.4 Å². The van der Waals surface area contributed by atoms with Crippen molar-refractivity contribution >= 4 is 37.8 Å². The fraction of sp³-hybridized carbons (Fsp3) is 0.231. The van der Waals surface area contributed by atoms with E-state index in [0.29, 0.717) is 17.7 Å². The van der Waals surface area contributed by atoms with E-state index in [-0.39, 0.29) is 36.2 Å². The fourth-order valence-electron chi connectivity index (χ4n) is 3.53. The molecule has 0 unspecified atom stereocenters. The maximum absolute atomic E-state index is 13.5. The first-order valence-electron chi connectivity index (χ1n) is 12.0. The number of esters is 1. The van der Waals surface area contributed by atoms with Crippen LogP contribution in [0.5, 0.6) is 11.5 Å². The molecule has 0 amide bonds. The van der Waals surface area contributed by atoms with Crippen molar-refractivity contribution in [3.8, 4) is 11.5 Å². The van der Waals surface area contributed by atoms with Gasteiger partial charge in [0.2, 0.25) is 5.96 Å². The van der Waals surface area contributed by atoms with Gasteiger partial charge < -0.3 is 30.0 Å². The molecule has 3 aromatic carbocycles. The Bertz CT molecular complexity index is 1620. The molecule has 0 aliphatic carbocycles. The van der Waals surface area contributed by atoms with Crippen molar-refractivity contribution in [1.29, 1.82) is 0 Å². The van der Waals surface area contributed by atoms with Crippen molar-refractivity contribution < 1.29 is 40.1 Å². The lowest BCUT2D eigenvalue weighted by molar-refractivity contribution is 0.0600. The number of methoxy groups -OCH3 is 1. The molecule has 13 nitrogen and oxygen atoms in total. The first kappa shape index (κ1) is 31.0. The average Bonchev–Trinajstić information content (AvgIpc) is 2.93. The number of guanidine groups is 1. The van der Waals surface area contributed by atoms with Gasteiger partial charge in [-0.05, 0) is 66.2 Å². The SMILES string of the molecule is COC(=O)c1ccc(N(C)S(=O)(=O)c2ccccc2S(=O)(=O)Oc2cc(C)cc(OCCCON=C(N)N)c2)cc1. The number of nitrogens with zero attached hydrogens (tertiary/aromatic N) is 2. The Morgan fingerprint density at radius 3 is 2.17 bits per heavy atom. The number of benzene rings is 3. The molecule has 3 aromatic rings. The lowest BCUT2D eigenvalue weighted by Gasteiger charge is -2.21. The molecule has 0 aliphatic heterocycles. The van der Waals surface area contributed by atoms with Crippen LogP contribution in [0.4, 0.5) is 5.69 Å². The summed E-state index contributed by atoms with van der Waals surface area (Å²) in [5, 5.41) is 3.40. The quantitative estimate of drug-likeness (QED) is 0.0725. The summed E-state index contributed by atoms with van der Waals surface area (Å²) >= 11 is 0. The smallest absolute Gasteiger partial charge is 0.340 e. The minimum absolute atomic E-state index is 0.0734. The van der Waals surface area contributed by atoms with Gasteiger partial charge in [-0.3, -0.25) is 4.31 Å². The zero-order valence-electron chi connectivity index (χ0n) is 22.5. The standard InChI is InChI=1S/C26H30N4O9S2/c1-18-15-21(37-13-6-14-38-29-26(27)28)17-22(16-18)39-41(34,35)24-8-5-4-7-23(24)40(32,33)30(2)20-11-9-19(10-12-20)25(31)36-3/h4-5,7-12,15-17H,6,13-14H2,1-3H3,(H4,27,28,29). The van der Waals surface area contributed by atoms with Crippen LogP contribution in [-0.4, -0.2) is 56.1 Å². The van der Waals surface area contributed by atoms with Crippen LogP contribution in [0.2, 0.25) is 0 Å². The number of nitrogens with two attached hydrogens (primary N) is 2. The first-order chi connectivity index (χ1) is 19.3. The number of hydrogen-bond acceptors (Lipinski definition) is 10. The van der Waals surface area contributed by atoms with Crippen LogP contribution in [0.25, 0.3) is 0 Å². The molecular formula is C26H30N4O9S2. The number of sulfonamides is 1. The zero-order chi connectivity index (χ0) is 30.2. The van der Waals surface area contributed by atoms with E-state index in [4.69, 9.17) is 25.2 Å². The Morgan fingerprint density at radius 2 is 1.54 bits per heavy atom. The van der Waals surface area contributed by atoms with Crippen LogP contribution in [-0.2, 0) is 29.7 Å². The highest BCUT2D eigenvalue weighted by Gasteiger charge is 2.31. The maximum Gasteiger partial charge on any atom is 0.340 e. The summed E-state index contributed by atoms with van der Waals surface area (Å²) in [7, 11) is -6.51. The number of anilines is 1. The molecule has 0 spiro atoms. The van der Waals surface area contributed by atoms with Gasteiger partial charge in [0.15, 0.2) is 0 Å². The summed E-state index contributed by atoms with van der Waals surface area (Å²) in [5.41, 5.74) is 11.4. The summed E-state index contributed by atoms with van der Waals surface area (Å²) in [6.07, 6.45) is 0.434. The average molecular weight is 607 g/mol. The Morgan fingerprint density at radius 1 is 0.902 bits per heavy atom. The summed E-state index contributed by atoms with van der Waals surface area (Å²) in [6.45, 7) is 2.12. The van der Waals surface area contributed by atoms with Crippen molar-refractivity contribution in [2.24, 2.45) is 16.6 Å². The summed E-state index contributed by atoms with van der Waals surface area (Å²) in [6, 6.07) is 15.2. The second kappa shape index (κ2) is 13.2. The molecule has 0 bridgehead atoms. The van der Waals surface area contributed by atoms with E-state index >= 15 is 0 Å². The molecular weight excluding hydrogens is 576 g/mol. The van der Waals surface area contributed by atoms with Gasteiger partial charge in [-0.25, -0.2) is 13.2 Å². The number of carbonyl (C=O) groups is 1. The minimum atomic E-state index is -4.62. The Hall–Kier alpha value is -4.50. The second-order valence-electron chi connectivity index (χ2n) is 8.53. The Balaban J connectivity index is 1.83. The van der Waals surface area contributed by atoms with Crippen LogP contribution >= 0.6 is 0 Å². The number of oxime groups is 1. The van der Waals surface area contributed by atoms with Gasteiger partial charge in [0.1, 0.15) is 27.9 Å². The molecule has 0 saturated heterocycles. The second-order valence-corrected chi connectivity index (χ2v) is 12.0. The number of aryl methyl sites for hydroxylation is 1. The van der Waals surface area contributed by atoms with E-state index in [2.05, 4.69) is 9.89 Å². The summed E-state index contributed by atoms with van der Waals surface area (Å²) in [5.74, 6) is -0.538. The normalized spacial score (nSPS) is 11.3. The molecule has 3 rings (SSSR count). The van der Waals surface area contributed by atoms with Crippen LogP contribution in [0, 0.1) is 6.92 Å². The van der Waals surface area contributed by atoms with E-state index in [1.165, 1.54) is 68.8 Å². The lowest BCUT2D eigenvalue weighted by Crippen LogP contribution is -2.28. The highest BCUT2D eigenvalue weighted by Crippen LogP contribution is 2.31. The van der Waals surface area contributed by atoms with E-state index < -0.39 is 35.9 Å². The van der Waals surface area contributed by atoms with Crippen molar-refractivity contribution in [2.45, 2.75) is 23.1 Å². The van der Waals surface area contributed by atoms with Gasteiger partial charge in [-0.15, -0.1) is 0 Å². The van der Waals surface area contributed by atoms with Gasteiger partial charge in [0, 0.05) is 19.5 Å². The van der Waals surface area contributed by atoms with Crippen LogP contribution < -0.4 is 24.7 Å². The zero-order valence-corrected chi connectivity index (χ0v) is 24.1. The molecule has 41 heavy (non-hydrogen) atoms. The molecule has 0 radical (unpaired) electrons.